The predicted molar refractivity (Wildman–Crippen MR) is 93.4 cm³/mol. The lowest BCUT2D eigenvalue weighted by Crippen LogP contribution is -2.21. The molecule has 0 saturated heterocycles. The number of furan rings is 1. The summed E-state index contributed by atoms with van der Waals surface area (Å²) in [6, 6.07) is 9.99. The van der Waals surface area contributed by atoms with Gasteiger partial charge in [-0.25, -0.2) is 0 Å². The van der Waals surface area contributed by atoms with Gasteiger partial charge in [0, 0.05) is 25.1 Å². The van der Waals surface area contributed by atoms with Crippen molar-refractivity contribution in [1.29, 1.82) is 0 Å². The smallest absolute Gasteiger partial charge is 0.134 e. The van der Waals surface area contributed by atoms with E-state index in [4.69, 9.17) is 16.0 Å². The Morgan fingerprint density at radius 3 is 2.90 bits per heavy atom. The standard InChI is InChI=1S/C16H15BrClNOS/c1-2-5-19-16(15-8-11(17)9-21-15)14-7-10-6-12(18)3-4-13(10)20-14/h3-4,6-9,16,19H,2,5H2,1H3. The van der Waals surface area contributed by atoms with E-state index in [0.717, 1.165) is 39.2 Å². The fourth-order valence-corrected chi connectivity index (χ4v) is 3.99. The van der Waals surface area contributed by atoms with Gasteiger partial charge < -0.3 is 9.73 Å². The monoisotopic (exact) mass is 383 g/mol. The summed E-state index contributed by atoms with van der Waals surface area (Å²) in [7, 11) is 0. The van der Waals surface area contributed by atoms with Gasteiger partial charge in [0.15, 0.2) is 0 Å². The maximum absolute atomic E-state index is 6.05. The largest absolute Gasteiger partial charge is 0.459 e. The zero-order valence-corrected chi connectivity index (χ0v) is 14.7. The first kappa shape index (κ1) is 15.1. The molecule has 0 aliphatic carbocycles. The second kappa shape index (κ2) is 6.53. The van der Waals surface area contributed by atoms with E-state index in [0.29, 0.717) is 0 Å². The molecule has 0 amide bonds. The van der Waals surface area contributed by atoms with Gasteiger partial charge in [-0.05, 0) is 59.2 Å². The molecule has 0 radical (unpaired) electrons. The molecule has 2 heterocycles. The Kier molecular flexibility index (Phi) is 4.69. The molecule has 110 valence electrons. The first-order valence-corrected chi connectivity index (χ1v) is 8.88. The third-order valence-electron chi connectivity index (χ3n) is 3.25. The molecule has 21 heavy (non-hydrogen) atoms. The van der Waals surface area contributed by atoms with Crippen LogP contribution >= 0.6 is 38.9 Å². The second-order valence-corrected chi connectivity index (χ2v) is 7.18. The number of fused-ring (bicyclic) bond motifs is 1. The number of thiophene rings is 1. The van der Waals surface area contributed by atoms with E-state index in [1.54, 1.807) is 11.3 Å². The highest BCUT2D eigenvalue weighted by molar-refractivity contribution is 9.10. The average molecular weight is 385 g/mol. The summed E-state index contributed by atoms with van der Waals surface area (Å²) in [5, 5.41) is 7.41. The summed E-state index contributed by atoms with van der Waals surface area (Å²) in [5.74, 6) is 0.926. The van der Waals surface area contributed by atoms with Gasteiger partial charge in [-0.3, -0.25) is 0 Å². The van der Waals surface area contributed by atoms with Gasteiger partial charge >= 0.3 is 0 Å². The summed E-state index contributed by atoms with van der Waals surface area (Å²) in [6.45, 7) is 3.10. The molecular formula is C16H15BrClNOS. The first-order chi connectivity index (χ1) is 10.2. The minimum Gasteiger partial charge on any atom is -0.459 e. The van der Waals surface area contributed by atoms with Crippen LogP contribution in [0.5, 0.6) is 0 Å². The van der Waals surface area contributed by atoms with Gasteiger partial charge in [0.2, 0.25) is 0 Å². The van der Waals surface area contributed by atoms with E-state index in [1.165, 1.54) is 4.88 Å². The minimum atomic E-state index is 0.0763. The van der Waals surface area contributed by atoms with Crippen LogP contribution in [0.4, 0.5) is 0 Å². The normalized spacial score (nSPS) is 12.9. The molecule has 1 atom stereocenters. The topological polar surface area (TPSA) is 25.2 Å². The van der Waals surface area contributed by atoms with Gasteiger partial charge in [0.25, 0.3) is 0 Å². The Hall–Kier alpha value is -0.810. The molecule has 0 fully saturated rings. The van der Waals surface area contributed by atoms with Crippen molar-refractivity contribution in [3.63, 3.8) is 0 Å². The fraction of sp³-hybridized carbons (Fsp3) is 0.250. The SMILES string of the molecule is CCCNC(c1cc2cc(Cl)ccc2o1)c1cc(Br)cs1. The maximum Gasteiger partial charge on any atom is 0.134 e. The van der Waals surface area contributed by atoms with Crippen molar-refractivity contribution < 1.29 is 4.42 Å². The molecule has 0 saturated carbocycles. The van der Waals surface area contributed by atoms with E-state index in [2.05, 4.69) is 45.7 Å². The highest BCUT2D eigenvalue weighted by Gasteiger charge is 2.19. The van der Waals surface area contributed by atoms with E-state index >= 15 is 0 Å². The molecule has 0 bridgehead atoms. The summed E-state index contributed by atoms with van der Waals surface area (Å²) < 4.78 is 7.12. The number of hydrogen-bond donors (Lipinski definition) is 1. The van der Waals surface area contributed by atoms with E-state index in [9.17, 15) is 0 Å². The van der Waals surface area contributed by atoms with E-state index < -0.39 is 0 Å². The van der Waals surface area contributed by atoms with Crippen molar-refractivity contribution in [3.8, 4) is 0 Å². The molecule has 3 aromatic rings. The number of rotatable bonds is 5. The maximum atomic E-state index is 6.05. The molecule has 1 unspecified atom stereocenters. The van der Waals surface area contributed by atoms with Crippen LogP contribution in [-0.4, -0.2) is 6.54 Å². The summed E-state index contributed by atoms with van der Waals surface area (Å²) >= 11 is 11.3. The Labute approximate surface area is 141 Å². The van der Waals surface area contributed by atoms with Crippen LogP contribution in [0, 0.1) is 0 Å². The van der Waals surface area contributed by atoms with Crippen LogP contribution in [0.1, 0.15) is 30.0 Å². The van der Waals surface area contributed by atoms with Crippen molar-refractivity contribution in [2.75, 3.05) is 6.54 Å². The van der Waals surface area contributed by atoms with Gasteiger partial charge in [-0.1, -0.05) is 18.5 Å². The molecule has 1 N–H and O–H groups in total. The van der Waals surface area contributed by atoms with Gasteiger partial charge in [-0.2, -0.15) is 0 Å². The molecule has 0 aliphatic heterocycles. The average Bonchev–Trinajstić information content (AvgIpc) is 3.05. The molecule has 5 heteroatoms. The molecule has 2 nitrogen and oxygen atoms in total. The van der Waals surface area contributed by atoms with Crippen LogP contribution in [-0.2, 0) is 0 Å². The van der Waals surface area contributed by atoms with Crippen LogP contribution in [0.25, 0.3) is 11.0 Å². The Bertz CT molecular complexity index is 752. The molecule has 1 aromatic carbocycles. The van der Waals surface area contributed by atoms with Crippen molar-refractivity contribution >= 4 is 49.8 Å². The number of nitrogens with one attached hydrogen (secondary N) is 1. The van der Waals surface area contributed by atoms with Gasteiger partial charge in [-0.15, -0.1) is 11.3 Å². The summed E-state index contributed by atoms with van der Waals surface area (Å²) in [6.07, 6.45) is 1.08. The van der Waals surface area contributed by atoms with Crippen molar-refractivity contribution in [3.05, 3.63) is 55.8 Å². The van der Waals surface area contributed by atoms with E-state index in [-0.39, 0.29) is 6.04 Å². The zero-order chi connectivity index (χ0) is 14.8. The highest BCUT2D eigenvalue weighted by Crippen LogP contribution is 2.33. The number of hydrogen-bond acceptors (Lipinski definition) is 3. The third kappa shape index (κ3) is 3.34. The molecule has 2 aromatic heterocycles. The van der Waals surface area contributed by atoms with E-state index in [1.807, 2.05) is 18.2 Å². The summed E-state index contributed by atoms with van der Waals surface area (Å²) in [4.78, 5) is 1.24. The molecule has 3 rings (SSSR count). The Morgan fingerprint density at radius 2 is 2.19 bits per heavy atom. The number of halogens is 2. The second-order valence-electron chi connectivity index (χ2n) is 4.89. The zero-order valence-electron chi connectivity index (χ0n) is 11.5. The lowest BCUT2D eigenvalue weighted by atomic mass is 10.1. The van der Waals surface area contributed by atoms with Crippen molar-refractivity contribution in [1.82, 2.24) is 5.32 Å². The lowest BCUT2D eigenvalue weighted by molar-refractivity contribution is 0.473. The predicted octanol–water partition coefficient (Wildman–Crippen LogP) is 6.00. The highest BCUT2D eigenvalue weighted by atomic mass is 79.9. The lowest BCUT2D eigenvalue weighted by Gasteiger charge is -2.14. The fourth-order valence-electron chi connectivity index (χ4n) is 2.29. The minimum absolute atomic E-state index is 0.0763. The Morgan fingerprint density at radius 1 is 1.33 bits per heavy atom. The molecule has 0 aliphatic rings. The number of benzene rings is 1. The first-order valence-electron chi connectivity index (χ1n) is 6.83. The van der Waals surface area contributed by atoms with Crippen LogP contribution in [0.2, 0.25) is 5.02 Å². The van der Waals surface area contributed by atoms with Crippen molar-refractivity contribution in [2.24, 2.45) is 0 Å². The van der Waals surface area contributed by atoms with Crippen molar-refractivity contribution in [2.45, 2.75) is 19.4 Å². The Balaban J connectivity index is 2.00. The molecule has 0 spiro atoms. The summed E-state index contributed by atoms with van der Waals surface area (Å²) in [5.41, 5.74) is 0.869. The van der Waals surface area contributed by atoms with Gasteiger partial charge in [0.05, 0.1) is 0 Å². The quantitative estimate of drug-likeness (QED) is 0.583. The van der Waals surface area contributed by atoms with Crippen LogP contribution in [0.15, 0.2) is 44.6 Å². The van der Waals surface area contributed by atoms with Crippen LogP contribution < -0.4 is 5.32 Å². The third-order valence-corrected chi connectivity index (χ3v) is 5.25. The molecular weight excluding hydrogens is 370 g/mol. The van der Waals surface area contributed by atoms with Crippen LogP contribution in [0.3, 0.4) is 0 Å². The van der Waals surface area contributed by atoms with Gasteiger partial charge in [0.1, 0.15) is 17.4 Å².